The second-order valence-electron chi connectivity index (χ2n) is 6.42. The number of nitrogens with one attached hydrogen (secondary N) is 1. The Bertz CT molecular complexity index is 843. The van der Waals surface area contributed by atoms with E-state index in [9.17, 15) is 0 Å². The number of piperidine rings is 1. The van der Waals surface area contributed by atoms with E-state index in [0.29, 0.717) is 17.8 Å². The van der Waals surface area contributed by atoms with E-state index in [1.54, 1.807) is 6.20 Å². The van der Waals surface area contributed by atoms with Gasteiger partial charge in [0.1, 0.15) is 17.4 Å². The summed E-state index contributed by atoms with van der Waals surface area (Å²) in [6.07, 6.45) is 3.92. The van der Waals surface area contributed by atoms with Crippen LogP contribution in [0, 0.1) is 0 Å². The van der Waals surface area contributed by atoms with Crippen molar-refractivity contribution < 1.29 is 9.15 Å². The first-order valence-electron chi connectivity index (χ1n) is 8.20. The maximum absolute atomic E-state index is 6.22. The van der Waals surface area contributed by atoms with E-state index in [2.05, 4.69) is 28.5 Å². The van der Waals surface area contributed by atoms with E-state index in [1.165, 1.54) is 10.9 Å². The van der Waals surface area contributed by atoms with Gasteiger partial charge in [-0.2, -0.15) is 0 Å². The summed E-state index contributed by atoms with van der Waals surface area (Å²) in [5.74, 6) is 2.09. The van der Waals surface area contributed by atoms with Gasteiger partial charge in [0.25, 0.3) is 0 Å². The molecule has 2 aromatic heterocycles. The molecule has 0 amide bonds. The molecular formula is C19H18N2O2. The van der Waals surface area contributed by atoms with E-state index >= 15 is 0 Å². The first-order chi connectivity index (χ1) is 11.4. The molecule has 4 heteroatoms. The first kappa shape index (κ1) is 13.1. The third-order valence-corrected chi connectivity index (χ3v) is 5.02. The van der Waals surface area contributed by atoms with Gasteiger partial charge in [-0.05, 0) is 25.0 Å². The average Bonchev–Trinajstić information content (AvgIpc) is 2.97. The van der Waals surface area contributed by atoms with Gasteiger partial charge in [0.15, 0.2) is 0 Å². The molecule has 2 aliphatic rings. The van der Waals surface area contributed by atoms with Crippen molar-refractivity contribution in [2.45, 2.75) is 30.9 Å². The Morgan fingerprint density at radius 2 is 2.04 bits per heavy atom. The highest BCUT2D eigenvalue weighted by Gasteiger charge is 2.41. The normalized spacial score (nSPS) is 26.0. The second-order valence-corrected chi connectivity index (χ2v) is 6.42. The zero-order valence-corrected chi connectivity index (χ0v) is 12.7. The van der Waals surface area contributed by atoms with Crippen LogP contribution in [0.1, 0.15) is 23.7 Å². The van der Waals surface area contributed by atoms with Gasteiger partial charge < -0.3 is 14.5 Å². The lowest BCUT2D eigenvalue weighted by molar-refractivity contribution is 0.102. The van der Waals surface area contributed by atoms with Crippen LogP contribution in [0.25, 0.3) is 11.0 Å². The predicted molar refractivity (Wildman–Crippen MR) is 87.7 cm³/mol. The topological polar surface area (TPSA) is 47.3 Å². The maximum Gasteiger partial charge on any atom is 0.213 e. The Hall–Kier alpha value is -2.33. The lowest BCUT2D eigenvalue weighted by Crippen LogP contribution is -2.51. The fraction of sp³-hybridized carbons (Fsp3) is 0.316. The lowest BCUT2D eigenvalue weighted by Gasteiger charge is -2.39. The quantitative estimate of drug-likeness (QED) is 0.789. The molecule has 1 N–H and O–H groups in total. The zero-order chi connectivity index (χ0) is 15.2. The highest BCUT2D eigenvalue weighted by molar-refractivity contribution is 5.82. The van der Waals surface area contributed by atoms with Gasteiger partial charge in [0.2, 0.25) is 5.88 Å². The van der Waals surface area contributed by atoms with Crippen LogP contribution in [-0.2, 0) is 6.42 Å². The molecule has 116 valence electrons. The molecule has 3 aromatic rings. The summed E-state index contributed by atoms with van der Waals surface area (Å²) in [5.41, 5.74) is 2.34. The molecule has 5 rings (SSSR count). The monoisotopic (exact) mass is 306 g/mol. The van der Waals surface area contributed by atoms with E-state index in [4.69, 9.17) is 9.15 Å². The van der Waals surface area contributed by atoms with Gasteiger partial charge in [-0.25, -0.2) is 4.98 Å². The molecule has 4 nitrogen and oxygen atoms in total. The molecule has 1 aliphatic carbocycles. The van der Waals surface area contributed by atoms with Crippen molar-refractivity contribution in [3.05, 3.63) is 60.0 Å². The molecule has 0 radical (unpaired) electrons. The lowest BCUT2D eigenvalue weighted by atomic mass is 9.78. The van der Waals surface area contributed by atoms with Gasteiger partial charge >= 0.3 is 0 Å². The molecule has 1 aliphatic heterocycles. The Kier molecular flexibility index (Phi) is 2.91. The van der Waals surface area contributed by atoms with Crippen LogP contribution in [0.3, 0.4) is 0 Å². The van der Waals surface area contributed by atoms with E-state index in [-0.39, 0.29) is 6.10 Å². The average molecular weight is 306 g/mol. The number of ether oxygens (including phenoxy) is 1. The van der Waals surface area contributed by atoms with Crippen LogP contribution < -0.4 is 10.1 Å². The summed E-state index contributed by atoms with van der Waals surface area (Å²) in [4.78, 5) is 4.30. The summed E-state index contributed by atoms with van der Waals surface area (Å²) < 4.78 is 12.4. The number of furan rings is 1. The summed E-state index contributed by atoms with van der Waals surface area (Å²) >= 11 is 0. The maximum atomic E-state index is 6.22. The van der Waals surface area contributed by atoms with Gasteiger partial charge in [-0.3, -0.25) is 0 Å². The Labute approximate surface area is 134 Å². The molecule has 0 unspecified atom stereocenters. The summed E-state index contributed by atoms with van der Waals surface area (Å²) in [7, 11) is 0. The van der Waals surface area contributed by atoms with Crippen LogP contribution >= 0.6 is 0 Å². The molecule has 0 spiro atoms. The van der Waals surface area contributed by atoms with E-state index in [1.807, 2.05) is 24.3 Å². The van der Waals surface area contributed by atoms with Crippen molar-refractivity contribution in [2.24, 2.45) is 0 Å². The molecule has 23 heavy (non-hydrogen) atoms. The molecule has 1 fully saturated rings. The van der Waals surface area contributed by atoms with Crippen molar-refractivity contribution in [3.63, 3.8) is 0 Å². The fourth-order valence-corrected chi connectivity index (χ4v) is 3.97. The summed E-state index contributed by atoms with van der Waals surface area (Å²) in [5, 5.41) is 4.87. The van der Waals surface area contributed by atoms with Gasteiger partial charge in [-0.1, -0.05) is 24.3 Å². The highest BCUT2D eigenvalue weighted by Crippen LogP contribution is 2.42. The third kappa shape index (κ3) is 2.13. The number of hydrogen-bond donors (Lipinski definition) is 1. The number of nitrogens with zero attached hydrogens (tertiary/aromatic N) is 1. The standard InChI is InChI=1S/C19H18N2O2/c1-2-6-16-13(5-1)14-9-12-10-15(19(14)23-16)17(11-21-12)22-18-7-3-4-8-20-18/h1-8,12,15,17,21H,9-11H2/t12-,15+,17+/m0/s1. The van der Waals surface area contributed by atoms with Crippen LogP contribution in [0.2, 0.25) is 0 Å². The fourth-order valence-electron chi connectivity index (χ4n) is 3.97. The number of fused-ring (bicyclic) bond motifs is 6. The van der Waals surface area contributed by atoms with Crippen LogP contribution in [0.4, 0.5) is 0 Å². The largest absolute Gasteiger partial charge is 0.472 e. The minimum atomic E-state index is 0.0563. The Morgan fingerprint density at radius 3 is 2.96 bits per heavy atom. The number of aromatic nitrogens is 1. The molecular weight excluding hydrogens is 288 g/mol. The minimum absolute atomic E-state index is 0.0563. The van der Waals surface area contributed by atoms with Gasteiger partial charge in [-0.15, -0.1) is 0 Å². The smallest absolute Gasteiger partial charge is 0.213 e. The SMILES string of the molecule is c1ccc(O[C@@H]2CN[C@H]3Cc4c(oc5ccccc45)[C@@H]2C3)nc1. The molecule has 2 bridgehead atoms. The van der Waals surface area contributed by atoms with E-state index in [0.717, 1.165) is 30.7 Å². The number of hydrogen-bond acceptors (Lipinski definition) is 4. The van der Waals surface area contributed by atoms with Gasteiger partial charge in [0, 0.05) is 35.8 Å². The van der Waals surface area contributed by atoms with Crippen molar-refractivity contribution in [1.29, 1.82) is 0 Å². The molecule has 0 saturated carbocycles. The minimum Gasteiger partial charge on any atom is -0.472 e. The summed E-state index contributed by atoms with van der Waals surface area (Å²) in [6.45, 7) is 0.836. The Balaban J connectivity index is 1.55. The number of benzene rings is 1. The molecule has 3 atom stereocenters. The number of rotatable bonds is 2. The molecule has 1 aromatic carbocycles. The first-order valence-corrected chi connectivity index (χ1v) is 8.20. The number of pyridine rings is 1. The van der Waals surface area contributed by atoms with Crippen molar-refractivity contribution >= 4 is 11.0 Å². The zero-order valence-electron chi connectivity index (χ0n) is 12.7. The van der Waals surface area contributed by atoms with Gasteiger partial charge in [0.05, 0.1) is 5.92 Å². The summed E-state index contributed by atoms with van der Waals surface area (Å²) in [6, 6.07) is 14.6. The van der Waals surface area contributed by atoms with E-state index < -0.39 is 0 Å². The molecule has 3 heterocycles. The predicted octanol–water partition coefficient (Wildman–Crippen LogP) is 3.28. The van der Waals surface area contributed by atoms with Crippen molar-refractivity contribution in [1.82, 2.24) is 10.3 Å². The second kappa shape index (κ2) is 5.10. The highest BCUT2D eigenvalue weighted by atomic mass is 16.5. The van der Waals surface area contributed by atoms with Crippen LogP contribution in [0.15, 0.2) is 53.1 Å². The van der Waals surface area contributed by atoms with Crippen molar-refractivity contribution in [2.75, 3.05) is 6.54 Å². The Morgan fingerprint density at radius 1 is 1.13 bits per heavy atom. The molecule has 1 saturated heterocycles. The number of para-hydroxylation sites is 1. The van der Waals surface area contributed by atoms with Crippen LogP contribution in [0.5, 0.6) is 5.88 Å². The third-order valence-electron chi connectivity index (χ3n) is 5.02. The van der Waals surface area contributed by atoms with Crippen LogP contribution in [-0.4, -0.2) is 23.7 Å². The van der Waals surface area contributed by atoms with Crippen molar-refractivity contribution in [3.8, 4) is 5.88 Å².